The number of pyridine rings is 2. The van der Waals surface area contributed by atoms with Gasteiger partial charge >= 0.3 is 5.69 Å². The zero-order chi connectivity index (χ0) is 24.7. The van der Waals surface area contributed by atoms with Crippen molar-refractivity contribution in [3.63, 3.8) is 0 Å². The molecule has 9 nitrogen and oxygen atoms in total. The second-order valence-corrected chi connectivity index (χ2v) is 10.0. The molecular formula is C25H27N7O2S. The molecule has 4 heterocycles. The zero-order valence-electron chi connectivity index (χ0n) is 19.9. The summed E-state index contributed by atoms with van der Waals surface area (Å²) < 4.78 is 17.4. The van der Waals surface area contributed by atoms with E-state index < -0.39 is 11.4 Å². The first-order chi connectivity index (χ1) is 16.9. The fraction of sp³-hybridized carbons (Fsp3) is 0.280. The number of aliphatic imine (C=N–C) groups is 1. The lowest BCUT2D eigenvalue weighted by Crippen LogP contribution is -2.31. The third-order valence-electron chi connectivity index (χ3n) is 6.57. The van der Waals surface area contributed by atoms with Crippen molar-refractivity contribution in [3.05, 3.63) is 65.0 Å². The van der Waals surface area contributed by atoms with E-state index in [0.29, 0.717) is 24.5 Å². The molecule has 1 aliphatic rings. The number of fused-ring (bicyclic) bond motifs is 3. The standard InChI is InChI=1S/C25H27N7O2S/c1-27-10-8-20(26)22-7-5-17(13-28-22)16-4-6-21-19(12-16)24-23(14-29-21)30(2)25(33)32(24)18-9-11-31(15-18)35(3)34/h4-8,10,12-14,18H,9,11,15,26H2,1-3H3. The average Bonchev–Trinajstić information content (AvgIpc) is 3.46. The summed E-state index contributed by atoms with van der Waals surface area (Å²) in [5, 5.41) is 0.899. The first-order valence-corrected chi connectivity index (χ1v) is 12.8. The summed E-state index contributed by atoms with van der Waals surface area (Å²) in [4.78, 5) is 26.3. The van der Waals surface area contributed by atoms with Crippen LogP contribution in [0.15, 0.2) is 58.6 Å². The van der Waals surface area contributed by atoms with Crippen molar-refractivity contribution in [2.24, 2.45) is 17.8 Å². The van der Waals surface area contributed by atoms with Gasteiger partial charge in [-0.1, -0.05) is 12.1 Å². The van der Waals surface area contributed by atoms with E-state index in [0.717, 1.165) is 39.5 Å². The Kier molecular flexibility index (Phi) is 6.18. The molecule has 2 N–H and O–H groups in total. The van der Waals surface area contributed by atoms with Gasteiger partial charge in [0, 0.05) is 55.4 Å². The molecule has 35 heavy (non-hydrogen) atoms. The van der Waals surface area contributed by atoms with Crippen molar-refractivity contribution in [1.29, 1.82) is 0 Å². The van der Waals surface area contributed by atoms with E-state index in [4.69, 9.17) is 5.73 Å². The third-order valence-corrected chi connectivity index (χ3v) is 7.62. The highest BCUT2D eigenvalue weighted by Crippen LogP contribution is 2.32. The monoisotopic (exact) mass is 489 g/mol. The minimum Gasteiger partial charge on any atom is -0.598 e. The number of aromatic nitrogens is 4. The minimum atomic E-state index is -1.06. The first kappa shape index (κ1) is 23.3. The molecule has 1 saturated heterocycles. The average molecular weight is 490 g/mol. The van der Waals surface area contributed by atoms with Gasteiger partial charge in [-0.05, 0) is 36.3 Å². The Bertz CT molecular complexity index is 1520. The van der Waals surface area contributed by atoms with Crippen LogP contribution in [0.4, 0.5) is 0 Å². The number of benzene rings is 1. The summed E-state index contributed by atoms with van der Waals surface area (Å²) in [5.41, 5.74) is 11.5. The van der Waals surface area contributed by atoms with Crippen LogP contribution >= 0.6 is 0 Å². The predicted octanol–water partition coefficient (Wildman–Crippen LogP) is 2.49. The van der Waals surface area contributed by atoms with E-state index in [1.165, 1.54) is 0 Å². The van der Waals surface area contributed by atoms with Crippen LogP contribution in [0.5, 0.6) is 0 Å². The summed E-state index contributed by atoms with van der Waals surface area (Å²) in [6, 6.07) is 9.84. The Labute approximate surface area is 205 Å². The predicted molar refractivity (Wildman–Crippen MR) is 142 cm³/mol. The minimum absolute atomic E-state index is 0.0493. The maximum Gasteiger partial charge on any atom is 0.329 e. The number of allylic oxidation sites excluding steroid dienone is 1. The van der Waals surface area contributed by atoms with Gasteiger partial charge in [0.2, 0.25) is 0 Å². The number of hydrogen-bond acceptors (Lipinski definition) is 7. The summed E-state index contributed by atoms with van der Waals surface area (Å²) in [7, 11) is 3.46. The second-order valence-electron chi connectivity index (χ2n) is 8.65. The lowest BCUT2D eigenvalue weighted by Gasteiger charge is -2.17. The van der Waals surface area contributed by atoms with Crippen LogP contribution in [0, 0.1) is 0 Å². The summed E-state index contributed by atoms with van der Waals surface area (Å²) in [6.45, 7) is 1.28. The highest BCUT2D eigenvalue weighted by atomic mass is 32.2. The Hall–Kier alpha value is -3.47. The fourth-order valence-corrected chi connectivity index (χ4v) is 5.42. The highest BCUT2D eigenvalue weighted by Gasteiger charge is 2.32. The second kappa shape index (κ2) is 9.29. The normalized spacial score (nSPS) is 18.3. The Morgan fingerprint density at radius 2 is 2.03 bits per heavy atom. The van der Waals surface area contributed by atoms with Gasteiger partial charge in [0.1, 0.15) is 6.26 Å². The number of aryl methyl sites for hydroxylation is 1. The van der Waals surface area contributed by atoms with E-state index in [9.17, 15) is 9.35 Å². The van der Waals surface area contributed by atoms with Crippen LogP contribution < -0.4 is 11.4 Å². The number of nitrogens with two attached hydrogens (primary N) is 1. The van der Waals surface area contributed by atoms with E-state index in [1.807, 2.05) is 33.1 Å². The van der Waals surface area contributed by atoms with E-state index in [1.54, 1.807) is 49.6 Å². The van der Waals surface area contributed by atoms with Gasteiger partial charge in [-0.25, -0.2) is 4.79 Å². The van der Waals surface area contributed by atoms with Crippen LogP contribution in [0.2, 0.25) is 0 Å². The van der Waals surface area contributed by atoms with Crippen LogP contribution in [-0.2, 0) is 18.4 Å². The number of nitrogens with zero attached hydrogens (tertiary/aromatic N) is 6. The molecule has 0 bridgehead atoms. The van der Waals surface area contributed by atoms with Crippen LogP contribution in [-0.4, -0.2) is 60.6 Å². The van der Waals surface area contributed by atoms with Crippen molar-refractivity contribution in [1.82, 2.24) is 23.4 Å². The van der Waals surface area contributed by atoms with E-state index in [-0.39, 0.29) is 11.7 Å². The maximum absolute atomic E-state index is 13.3. The van der Waals surface area contributed by atoms with E-state index >= 15 is 0 Å². The summed E-state index contributed by atoms with van der Waals surface area (Å²) in [5.74, 6) is 0. The molecule has 3 aromatic heterocycles. The number of imidazole rings is 1. The first-order valence-electron chi connectivity index (χ1n) is 11.3. The zero-order valence-corrected chi connectivity index (χ0v) is 20.7. The molecule has 1 fully saturated rings. The maximum atomic E-state index is 13.3. The lowest BCUT2D eigenvalue weighted by molar-refractivity contribution is 0.454. The Morgan fingerprint density at radius 1 is 1.23 bits per heavy atom. The molecule has 2 atom stereocenters. The van der Waals surface area contributed by atoms with Gasteiger partial charge in [0.15, 0.2) is 0 Å². The van der Waals surface area contributed by atoms with Gasteiger partial charge in [0.05, 0.1) is 46.7 Å². The molecule has 0 amide bonds. The lowest BCUT2D eigenvalue weighted by atomic mass is 10.0. The van der Waals surface area contributed by atoms with Gasteiger partial charge in [0.25, 0.3) is 0 Å². The molecule has 10 heteroatoms. The van der Waals surface area contributed by atoms with E-state index in [2.05, 4.69) is 21.0 Å². The molecule has 0 radical (unpaired) electrons. The third kappa shape index (κ3) is 4.13. The van der Waals surface area contributed by atoms with Crippen LogP contribution in [0.1, 0.15) is 18.2 Å². The molecule has 1 aromatic carbocycles. The number of hydrogen-bond donors (Lipinski definition) is 1. The summed E-state index contributed by atoms with van der Waals surface area (Å²) >= 11 is -1.06. The Balaban J connectivity index is 1.62. The molecule has 2 unspecified atom stereocenters. The molecule has 1 aliphatic heterocycles. The van der Waals surface area contributed by atoms with Gasteiger partial charge in [-0.3, -0.25) is 24.1 Å². The van der Waals surface area contributed by atoms with Crippen molar-refractivity contribution in [3.8, 4) is 11.1 Å². The fourth-order valence-electron chi connectivity index (χ4n) is 4.68. The largest absolute Gasteiger partial charge is 0.598 e. The van der Waals surface area contributed by atoms with Gasteiger partial charge in [-0.2, -0.15) is 0 Å². The van der Waals surface area contributed by atoms with Crippen LogP contribution in [0.25, 0.3) is 38.8 Å². The van der Waals surface area contributed by atoms with Crippen molar-refractivity contribution >= 4 is 45.2 Å². The topological polar surface area (TPSA) is 117 Å². The quantitative estimate of drug-likeness (QED) is 0.340. The molecule has 180 valence electrons. The molecule has 4 aromatic rings. The van der Waals surface area contributed by atoms with Crippen molar-refractivity contribution in [2.75, 3.05) is 26.4 Å². The Morgan fingerprint density at radius 3 is 2.71 bits per heavy atom. The molecule has 5 rings (SSSR count). The van der Waals surface area contributed by atoms with Crippen molar-refractivity contribution in [2.45, 2.75) is 12.5 Å². The molecule has 0 spiro atoms. The highest BCUT2D eigenvalue weighted by molar-refractivity contribution is 7.88. The van der Waals surface area contributed by atoms with Gasteiger partial charge < -0.3 is 10.3 Å². The number of rotatable bonds is 5. The smallest absolute Gasteiger partial charge is 0.329 e. The molecular weight excluding hydrogens is 462 g/mol. The van der Waals surface area contributed by atoms with Crippen LogP contribution in [0.3, 0.4) is 0 Å². The van der Waals surface area contributed by atoms with Gasteiger partial charge in [-0.15, -0.1) is 4.31 Å². The summed E-state index contributed by atoms with van der Waals surface area (Å²) in [6.07, 6.45) is 9.34. The molecule has 0 saturated carbocycles. The SMILES string of the molecule is CN=CC=C(N)c1ccc(-c2ccc3ncc4c(c3c2)n(C2CCN([S+](C)[O-])C2)c(=O)n4C)cn1. The molecule has 0 aliphatic carbocycles. The van der Waals surface area contributed by atoms with Crippen molar-refractivity contribution < 1.29 is 4.55 Å².